The van der Waals surface area contributed by atoms with Gasteiger partial charge in [-0.2, -0.15) is 0 Å². The lowest BCUT2D eigenvalue weighted by molar-refractivity contribution is -0.139. The largest absolute Gasteiger partial charge is 0.480 e. The summed E-state index contributed by atoms with van der Waals surface area (Å²) in [4.78, 5) is 11.1. The topological polar surface area (TPSA) is 95.6 Å². The fourth-order valence-electron chi connectivity index (χ4n) is 2.04. The third-order valence-corrected chi connectivity index (χ3v) is 2.94. The van der Waals surface area contributed by atoms with Crippen LogP contribution < -0.4 is 11.1 Å². The minimum Gasteiger partial charge on any atom is -0.480 e. The van der Waals surface area contributed by atoms with Crippen LogP contribution in [0.5, 0.6) is 0 Å². The third kappa shape index (κ3) is 10.9. The van der Waals surface area contributed by atoms with Crippen molar-refractivity contribution in [3.05, 3.63) is 0 Å². The van der Waals surface area contributed by atoms with E-state index >= 15 is 0 Å². The maximum absolute atomic E-state index is 11.1. The van der Waals surface area contributed by atoms with Crippen molar-refractivity contribution >= 4 is 5.97 Å². The van der Waals surface area contributed by atoms with E-state index in [4.69, 9.17) is 10.8 Å². The van der Waals surface area contributed by atoms with E-state index in [2.05, 4.69) is 26.1 Å². The van der Waals surface area contributed by atoms with Crippen LogP contribution in [-0.2, 0) is 4.79 Å². The van der Waals surface area contributed by atoms with Crippen molar-refractivity contribution in [3.63, 3.8) is 0 Å². The Labute approximate surface area is 116 Å². The van der Waals surface area contributed by atoms with Crippen LogP contribution in [0.3, 0.4) is 0 Å². The zero-order valence-corrected chi connectivity index (χ0v) is 12.5. The number of carboxylic acid groups (broad SMARTS) is 1. The van der Waals surface area contributed by atoms with E-state index in [1.807, 2.05) is 0 Å². The smallest absolute Gasteiger partial charge is 0.320 e. The van der Waals surface area contributed by atoms with Gasteiger partial charge in [-0.25, -0.2) is 0 Å². The summed E-state index contributed by atoms with van der Waals surface area (Å²) < 4.78 is 0. The number of nitrogens with one attached hydrogen (secondary N) is 1. The Kier molecular flexibility index (Phi) is 8.97. The molecule has 0 saturated heterocycles. The van der Waals surface area contributed by atoms with Gasteiger partial charge in [-0.05, 0) is 31.2 Å². The van der Waals surface area contributed by atoms with E-state index in [1.165, 1.54) is 0 Å². The summed E-state index contributed by atoms with van der Waals surface area (Å²) in [6.45, 7) is 7.13. The van der Waals surface area contributed by atoms with E-state index in [9.17, 15) is 9.90 Å². The first-order valence-corrected chi connectivity index (χ1v) is 7.10. The fraction of sp³-hybridized carbons (Fsp3) is 0.929. The molecule has 0 rings (SSSR count). The van der Waals surface area contributed by atoms with E-state index in [-0.39, 0.29) is 5.41 Å². The van der Waals surface area contributed by atoms with Crippen molar-refractivity contribution in [3.8, 4) is 0 Å². The Balaban J connectivity index is 3.97. The Morgan fingerprint density at radius 3 is 2.37 bits per heavy atom. The first kappa shape index (κ1) is 18.4. The molecule has 0 heterocycles. The highest BCUT2D eigenvalue weighted by atomic mass is 16.4. The quantitative estimate of drug-likeness (QED) is 0.451. The maximum atomic E-state index is 11.1. The molecule has 2 atom stereocenters. The number of aliphatic hydroxyl groups is 1. The Morgan fingerprint density at radius 1 is 1.26 bits per heavy atom. The van der Waals surface area contributed by atoms with Gasteiger partial charge in [-0.1, -0.05) is 33.6 Å². The molecule has 2 unspecified atom stereocenters. The lowest BCUT2D eigenvalue weighted by atomic mass is 9.89. The molecule has 0 aliphatic carbocycles. The van der Waals surface area contributed by atoms with Crippen LogP contribution in [-0.4, -0.2) is 41.4 Å². The summed E-state index contributed by atoms with van der Waals surface area (Å²) in [7, 11) is 0. The number of hydrogen-bond acceptors (Lipinski definition) is 4. The predicted molar refractivity (Wildman–Crippen MR) is 77.0 cm³/mol. The highest BCUT2D eigenvalue weighted by molar-refractivity contribution is 5.73. The van der Waals surface area contributed by atoms with Gasteiger partial charge in [0.1, 0.15) is 6.04 Å². The zero-order valence-electron chi connectivity index (χ0n) is 12.5. The monoisotopic (exact) mass is 274 g/mol. The average molecular weight is 274 g/mol. The molecule has 0 aliphatic heterocycles. The molecule has 0 fully saturated rings. The molecule has 0 aromatic heterocycles. The molecular formula is C14H30N2O3. The first-order chi connectivity index (χ1) is 8.76. The van der Waals surface area contributed by atoms with Crippen molar-refractivity contribution in [2.45, 2.75) is 65.0 Å². The predicted octanol–water partition coefficient (Wildman–Crippen LogP) is 1.35. The van der Waals surface area contributed by atoms with Gasteiger partial charge < -0.3 is 21.3 Å². The van der Waals surface area contributed by atoms with Crippen LogP contribution in [0.4, 0.5) is 0 Å². The molecular weight excluding hydrogens is 244 g/mol. The fourth-order valence-corrected chi connectivity index (χ4v) is 2.04. The molecule has 5 heteroatoms. The van der Waals surface area contributed by atoms with Crippen LogP contribution in [0, 0.1) is 5.41 Å². The molecule has 0 radical (unpaired) electrons. The molecule has 0 aromatic rings. The van der Waals surface area contributed by atoms with Crippen LogP contribution >= 0.6 is 0 Å². The summed E-state index contributed by atoms with van der Waals surface area (Å²) in [5, 5.41) is 21.9. The van der Waals surface area contributed by atoms with E-state index in [1.54, 1.807) is 0 Å². The average Bonchev–Trinajstić information content (AvgIpc) is 2.25. The molecule has 0 aliphatic rings. The van der Waals surface area contributed by atoms with Gasteiger partial charge in [0.2, 0.25) is 0 Å². The highest BCUT2D eigenvalue weighted by Gasteiger charge is 2.20. The van der Waals surface area contributed by atoms with Crippen LogP contribution in [0.25, 0.3) is 0 Å². The molecule has 0 saturated carbocycles. The normalized spacial score (nSPS) is 15.2. The molecule has 5 N–H and O–H groups in total. The van der Waals surface area contributed by atoms with Gasteiger partial charge in [-0.3, -0.25) is 4.79 Å². The van der Waals surface area contributed by atoms with Gasteiger partial charge in [0.25, 0.3) is 0 Å². The van der Waals surface area contributed by atoms with Gasteiger partial charge in [0.15, 0.2) is 0 Å². The molecule has 0 amide bonds. The van der Waals surface area contributed by atoms with Gasteiger partial charge in [0.05, 0.1) is 6.10 Å². The molecule has 114 valence electrons. The molecule has 0 spiro atoms. The van der Waals surface area contributed by atoms with Crippen molar-refractivity contribution in [1.29, 1.82) is 0 Å². The Morgan fingerprint density at radius 2 is 1.89 bits per heavy atom. The lowest BCUT2D eigenvalue weighted by Gasteiger charge is -2.24. The maximum Gasteiger partial charge on any atom is 0.320 e. The Hall–Kier alpha value is -0.650. The summed E-state index contributed by atoms with van der Waals surface area (Å²) >= 11 is 0. The lowest BCUT2D eigenvalue weighted by Crippen LogP contribution is -2.41. The van der Waals surface area contributed by atoms with Crippen LogP contribution in [0.1, 0.15) is 52.9 Å². The molecule has 0 bridgehead atoms. The van der Waals surface area contributed by atoms with Crippen molar-refractivity contribution in [2.24, 2.45) is 11.1 Å². The van der Waals surface area contributed by atoms with Gasteiger partial charge in [-0.15, -0.1) is 0 Å². The van der Waals surface area contributed by atoms with Crippen LogP contribution in [0.2, 0.25) is 0 Å². The van der Waals surface area contributed by atoms with E-state index in [0.717, 1.165) is 19.3 Å². The number of rotatable bonds is 10. The van der Waals surface area contributed by atoms with Crippen LogP contribution in [0.15, 0.2) is 0 Å². The third-order valence-electron chi connectivity index (χ3n) is 2.94. The zero-order chi connectivity index (χ0) is 14.9. The first-order valence-electron chi connectivity index (χ1n) is 7.10. The second-order valence-electron chi connectivity index (χ2n) is 6.36. The number of hydrogen-bond donors (Lipinski definition) is 4. The molecule has 0 aromatic carbocycles. The number of aliphatic hydroxyl groups excluding tert-OH is 1. The van der Waals surface area contributed by atoms with Crippen molar-refractivity contribution < 1.29 is 15.0 Å². The molecule has 19 heavy (non-hydrogen) atoms. The number of carboxylic acids is 1. The number of aliphatic carboxylic acids is 1. The summed E-state index contributed by atoms with van der Waals surface area (Å²) in [5.41, 5.74) is 5.44. The summed E-state index contributed by atoms with van der Waals surface area (Å²) in [5.74, 6) is -0.851. The number of nitrogens with two attached hydrogens (primary N) is 1. The second kappa shape index (κ2) is 9.28. The minimum absolute atomic E-state index is 0.0426. The number of unbranched alkanes of at least 4 members (excludes halogenated alkanes) is 2. The standard InChI is InChI=1S/C14H30N2O3/c1-14(2,3)9-11(17)10-16-12(13(18)19)7-5-4-6-8-15/h11-12,16-17H,4-10,15H2,1-3H3,(H,18,19). The highest BCUT2D eigenvalue weighted by Crippen LogP contribution is 2.20. The second-order valence-corrected chi connectivity index (χ2v) is 6.36. The minimum atomic E-state index is -0.851. The summed E-state index contributed by atoms with van der Waals surface area (Å²) in [6, 6.07) is -0.576. The summed E-state index contributed by atoms with van der Waals surface area (Å²) in [6.07, 6.45) is 3.45. The van der Waals surface area contributed by atoms with Gasteiger partial charge >= 0.3 is 5.97 Å². The van der Waals surface area contributed by atoms with E-state index in [0.29, 0.717) is 25.9 Å². The number of carbonyl (C=O) groups is 1. The Bertz CT molecular complexity index is 252. The molecule has 5 nitrogen and oxygen atoms in total. The van der Waals surface area contributed by atoms with Gasteiger partial charge in [0, 0.05) is 6.54 Å². The van der Waals surface area contributed by atoms with E-state index < -0.39 is 18.1 Å². The van der Waals surface area contributed by atoms with Crippen molar-refractivity contribution in [1.82, 2.24) is 5.32 Å². The SMILES string of the molecule is CC(C)(C)CC(O)CNC(CCCCCN)C(=O)O. The van der Waals surface area contributed by atoms with Crippen molar-refractivity contribution in [2.75, 3.05) is 13.1 Å².